The van der Waals surface area contributed by atoms with Crippen LogP contribution < -0.4 is 5.32 Å². The fourth-order valence-electron chi connectivity index (χ4n) is 1.03. The van der Waals surface area contributed by atoms with Crippen molar-refractivity contribution in [1.29, 1.82) is 0 Å². The second-order valence-corrected chi connectivity index (χ2v) is 5.11. The van der Waals surface area contributed by atoms with Gasteiger partial charge in [0.05, 0.1) is 5.69 Å². The summed E-state index contributed by atoms with van der Waals surface area (Å²) in [4.78, 5) is 12.2. The third-order valence-electron chi connectivity index (χ3n) is 1.84. The van der Waals surface area contributed by atoms with Crippen LogP contribution in [0, 0.1) is 6.92 Å². The van der Waals surface area contributed by atoms with Crippen LogP contribution >= 0.6 is 23.3 Å². The van der Waals surface area contributed by atoms with Crippen molar-refractivity contribution in [3.63, 3.8) is 0 Å². The van der Waals surface area contributed by atoms with E-state index in [-0.39, 0.29) is 12.5 Å². The molecular weight excluding hydrogens is 246 g/mol. The van der Waals surface area contributed by atoms with Gasteiger partial charge in [0.2, 0.25) is 0 Å². The predicted octanol–water partition coefficient (Wildman–Crippen LogP) is 0.692. The van der Waals surface area contributed by atoms with Crippen molar-refractivity contribution in [2.45, 2.75) is 13.3 Å². The summed E-state index contributed by atoms with van der Waals surface area (Å²) in [5, 5.41) is 15.2. The van der Waals surface area contributed by atoms with Crippen LogP contribution in [-0.2, 0) is 0 Å². The molecule has 0 aromatic carbocycles. The lowest BCUT2D eigenvalue weighted by Crippen LogP contribution is -2.25. The van der Waals surface area contributed by atoms with Gasteiger partial charge in [0.1, 0.15) is 4.88 Å². The third-order valence-corrected chi connectivity index (χ3v) is 3.73. The number of thioether (sulfide) groups is 1. The van der Waals surface area contributed by atoms with E-state index in [4.69, 9.17) is 5.11 Å². The van der Waals surface area contributed by atoms with Gasteiger partial charge in [0.15, 0.2) is 0 Å². The van der Waals surface area contributed by atoms with Gasteiger partial charge in [-0.1, -0.05) is 4.49 Å². The van der Waals surface area contributed by atoms with Crippen molar-refractivity contribution in [3.8, 4) is 0 Å². The van der Waals surface area contributed by atoms with Gasteiger partial charge in [0, 0.05) is 18.9 Å². The number of hydrogen-bond acceptors (Lipinski definition) is 6. The number of carbonyl (C=O) groups is 1. The minimum absolute atomic E-state index is 0.102. The highest BCUT2D eigenvalue weighted by atomic mass is 32.2. The van der Waals surface area contributed by atoms with Crippen LogP contribution in [-0.4, -0.2) is 45.3 Å². The zero-order valence-corrected chi connectivity index (χ0v) is 10.7. The first-order valence-corrected chi connectivity index (χ1v) is 6.94. The molecule has 90 valence electrons. The highest BCUT2D eigenvalue weighted by Crippen LogP contribution is 2.08. The number of aryl methyl sites for hydroxylation is 1. The molecule has 1 aromatic heterocycles. The molecule has 0 radical (unpaired) electrons. The highest BCUT2D eigenvalue weighted by Gasteiger charge is 2.11. The molecule has 2 N–H and O–H groups in total. The summed E-state index contributed by atoms with van der Waals surface area (Å²) in [5.41, 5.74) is 0.676. The zero-order valence-electron chi connectivity index (χ0n) is 9.10. The lowest BCUT2D eigenvalue weighted by atomic mass is 10.4. The molecule has 7 heteroatoms. The maximum absolute atomic E-state index is 11.6. The van der Waals surface area contributed by atoms with Gasteiger partial charge < -0.3 is 10.4 Å². The van der Waals surface area contributed by atoms with Crippen molar-refractivity contribution in [2.75, 3.05) is 24.7 Å². The molecule has 16 heavy (non-hydrogen) atoms. The molecule has 0 aliphatic carbocycles. The molecule has 1 amide bonds. The Morgan fingerprint density at radius 2 is 2.38 bits per heavy atom. The summed E-state index contributed by atoms with van der Waals surface area (Å²) in [7, 11) is 0. The van der Waals surface area contributed by atoms with Crippen molar-refractivity contribution in [3.05, 3.63) is 10.6 Å². The molecule has 0 saturated carbocycles. The van der Waals surface area contributed by atoms with E-state index in [1.807, 2.05) is 0 Å². The van der Waals surface area contributed by atoms with Crippen molar-refractivity contribution < 1.29 is 9.90 Å². The maximum atomic E-state index is 11.6. The van der Waals surface area contributed by atoms with Crippen LogP contribution in [0.1, 0.15) is 21.8 Å². The first-order valence-electron chi connectivity index (χ1n) is 5.01. The van der Waals surface area contributed by atoms with Gasteiger partial charge in [-0.15, -0.1) is 5.10 Å². The lowest BCUT2D eigenvalue weighted by Gasteiger charge is -2.03. The highest BCUT2D eigenvalue weighted by molar-refractivity contribution is 7.99. The summed E-state index contributed by atoms with van der Waals surface area (Å²) < 4.78 is 3.71. The lowest BCUT2D eigenvalue weighted by molar-refractivity contribution is 0.0959. The van der Waals surface area contributed by atoms with Crippen molar-refractivity contribution in [1.82, 2.24) is 14.9 Å². The van der Waals surface area contributed by atoms with Gasteiger partial charge in [0.25, 0.3) is 5.91 Å². The van der Waals surface area contributed by atoms with E-state index < -0.39 is 0 Å². The first-order chi connectivity index (χ1) is 7.75. The van der Waals surface area contributed by atoms with Gasteiger partial charge in [-0.05, 0) is 30.6 Å². The Bertz CT molecular complexity index is 330. The molecule has 0 fully saturated rings. The van der Waals surface area contributed by atoms with Crippen LogP contribution in [0.4, 0.5) is 0 Å². The quantitative estimate of drug-likeness (QED) is 0.706. The number of hydrogen-bond donors (Lipinski definition) is 2. The Morgan fingerprint density at radius 3 is 3.00 bits per heavy atom. The van der Waals surface area contributed by atoms with Crippen LogP contribution in [0.5, 0.6) is 0 Å². The largest absolute Gasteiger partial charge is 0.396 e. The number of aliphatic hydroxyl groups excluding tert-OH is 1. The summed E-state index contributed by atoms with van der Waals surface area (Å²) >= 11 is 2.84. The minimum atomic E-state index is -0.102. The van der Waals surface area contributed by atoms with Crippen LogP contribution in [0.25, 0.3) is 0 Å². The fourth-order valence-corrected chi connectivity index (χ4v) is 2.38. The monoisotopic (exact) mass is 261 g/mol. The van der Waals surface area contributed by atoms with E-state index in [9.17, 15) is 4.79 Å². The van der Waals surface area contributed by atoms with Gasteiger partial charge in [-0.25, -0.2) is 0 Å². The fraction of sp³-hybridized carbons (Fsp3) is 0.667. The second-order valence-electron chi connectivity index (χ2n) is 3.13. The number of nitrogens with one attached hydrogen (secondary N) is 1. The molecule has 0 unspecified atom stereocenters. The molecule has 0 aliphatic rings. The number of aliphatic hydroxyl groups is 1. The normalized spacial score (nSPS) is 10.4. The van der Waals surface area contributed by atoms with E-state index in [2.05, 4.69) is 14.9 Å². The summed E-state index contributed by atoms with van der Waals surface area (Å²) in [6.45, 7) is 2.63. The molecule has 0 saturated heterocycles. The van der Waals surface area contributed by atoms with Gasteiger partial charge in [-0.2, -0.15) is 11.8 Å². The smallest absolute Gasteiger partial charge is 0.264 e. The molecule has 0 aliphatic heterocycles. The molecule has 1 rings (SSSR count). The Kier molecular flexibility index (Phi) is 6.36. The standard InChI is InChI=1S/C9H15N3O2S2/c1-7-8(16-12-11-7)9(14)10-3-6-15-5-2-4-13/h13H,2-6H2,1H3,(H,10,14). The topological polar surface area (TPSA) is 75.1 Å². The second kappa shape index (κ2) is 7.59. The molecule has 0 bridgehead atoms. The van der Waals surface area contributed by atoms with Crippen LogP contribution in [0.2, 0.25) is 0 Å². The van der Waals surface area contributed by atoms with E-state index in [1.165, 1.54) is 0 Å². The van der Waals surface area contributed by atoms with Crippen molar-refractivity contribution >= 4 is 29.2 Å². The Hall–Kier alpha value is -0.660. The maximum Gasteiger partial charge on any atom is 0.264 e. The Labute approximate surface area is 103 Å². The molecule has 0 spiro atoms. The molecule has 1 heterocycles. The molecule has 0 atom stereocenters. The van der Waals surface area contributed by atoms with E-state index in [0.29, 0.717) is 17.1 Å². The Morgan fingerprint density at radius 1 is 1.56 bits per heavy atom. The predicted molar refractivity (Wildman–Crippen MR) is 66.0 cm³/mol. The average Bonchev–Trinajstić information content (AvgIpc) is 2.69. The first kappa shape index (κ1) is 13.4. The number of nitrogens with zero attached hydrogens (tertiary/aromatic N) is 2. The number of amides is 1. The van der Waals surface area contributed by atoms with Crippen LogP contribution in [0.3, 0.4) is 0 Å². The summed E-state index contributed by atoms with van der Waals surface area (Å²) in [5.74, 6) is 1.68. The molecular formula is C9H15N3O2S2. The van der Waals surface area contributed by atoms with Gasteiger partial charge in [-0.3, -0.25) is 4.79 Å². The van der Waals surface area contributed by atoms with Crippen molar-refractivity contribution in [2.24, 2.45) is 0 Å². The third kappa shape index (κ3) is 4.46. The number of aromatic nitrogens is 2. The number of rotatable bonds is 7. The minimum Gasteiger partial charge on any atom is -0.396 e. The average molecular weight is 261 g/mol. The van der Waals surface area contributed by atoms with Crippen LogP contribution in [0.15, 0.2) is 0 Å². The number of carbonyl (C=O) groups excluding carboxylic acids is 1. The van der Waals surface area contributed by atoms with E-state index >= 15 is 0 Å². The van der Waals surface area contributed by atoms with Gasteiger partial charge >= 0.3 is 0 Å². The summed E-state index contributed by atoms with van der Waals surface area (Å²) in [6, 6.07) is 0. The zero-order chi connectivity index (χ0) is 11.8. The Balaban J connectivity index is 2.14. The molecule has 1 aromatic rings. The van der Waals surface area contributed by atoms with E-state index in [1.54, 1.807) is 18.7 Å². The summed E-state index contributed by atoms with van der Waals surface area (Å²) in [6.07, 6.45) is 0.802. The SMILES string of the molecule is Cc1nnsc1C(=O)NCCSCCCO. The molecule has 5 nitrogen and oxygen atoms in total. The van der Waals surface area contributed by atoms with E-state index in [0.717, 1.165) is 29.5 Å².